The highest BCUT2D eigenvalue weighted by Crippen LogP contribution is 2.32. The smallest absolute Gasteiger partial charge is 0.325 e. The molecule has 8 nitrogen and oxygen atoms in total. The van der Waals surface area contributed by atoms with Gasteiger partial charge in [0.05, 0.1) is 19.9 Å². The molecule has 1 heterocycles. The number of hydrogen-bond donors (Lipinski definition) is 0. The van der Waals surface area contributed by atoms with Crippen molar-refractivity contribution in [2.75, 3.05) is 38.8 Å². The first-order chi connectivity index (χ1) is 12.4. The SMILES string of the molecule is COC(=O)CN(CC(=O)OC)C(=O)C1CCN(c2ccccc2Br)C1=O. The molecule has 2 amide bonds. The Morgan fingerprint density at radius 3 is 2.27 bits per heavy atom. The second-order valence-electron chi connectivity index (χ2n) is 5.63. The number of benzene rings is 1. The molecule has 9 heteroatoms. The number of halogens is 1. The zero-order valence-electron chi connectivity index (χ0n) is 14.4. The second kappa shape index (κ2) is 8.79. The summed E-state index contributed by atoms with van der Waals surface area (Å²) in [6, 6.07) is 7.20. The van der Waals surface area contributed by atoms with Crippen LogP contribution in [0.25, 0.3) is 0 Å². The molecule has 1 aliphatic heterocycles. The quantitative estimate of drug-likeness (QED) is 0.497. The third-order valence-corrected chi connectivity index (χ3v) is 4.72. The van der Waals surface area contributed by atoms with Crippen LogP contribution in [0.2, 0.25) is 0 Å². The number of amides is 2. The van der Waals surface area contributed by atoms with Gasteiger partial charge in [0.15, 0.2) is 0 Å². The van der Waals surface area contributed by atoms with Crippen molar-refractivity contribution >= 4 is 45.4 Å². The lowest BCUT2D eigenvalue weighted by Gasteiger charge is -2.23. The molecule has 0 aromatic heterocycles. The number of methoxy groups -OCH3 is 2. The van der Waals surface area contributed by atoms with Crippen LogP contribution in [-0.2, 0) is 28.7 Å². The fraction of sp³-hybridized carbons (Fsp3) is 0.412. The van der Waals surface area contributed by atoms with Gasteiger partial charge in [-0.2, -0.15) is 0 Å². The van der Waals surface area contributed by atoms with E-state index in [1.54, 1.807) is 18.2 Å². The Balaban J connectivity index is 2.18. The predicted octanol–water partition coefficient (Wildman–Crippen LogP) is 0.977. The van der Waals surface area contributed by atoms with Crippen molar-refractivity contribution in [3.8, 4) is 0 Å². The predicted molar refractivity (Wildman–Crippen MR) is 95.2 cm³/mol. The molecule has 1 atom stereocenters. The van der Waals surface area contributed by atoms with Crippen molar-refractivity contribution in [1.29, 1.82) is 0 Å². The molecule has 1 aromatic carbocycles. The first kappa shape index (κ1) is 19.9. The molecular formula is C17H19BrN2O6. The van der Waals surface area contributed by atoms with E-state index in [9.17, 15) is 19.2 Å². The molecule has 0 N–H and O–H groups in total. The van der Waals surface area contributed by atoms with E-state index in [1.165, 1.54) is 19.1 Å². The zero-order chi connectivity index (χ0) is 19.3. The number of rotatable bonds is 6. The topological polar surface area (TPSA) is 93.2 Å². The van der Waals surface area contributed by atoms with Crippen LogP contribution in [0.4, 0.5) is 5.69 Å². The number of esters is 2. The minimum atomic E-state index is -0.962. The number of nitrogens with zero attached hydrogens (tertiary/aromatic N) is 2. The van der Waals surface area contributed by atoms with E-state index in [-0.39, 0.29) is 12.3 Å². The number of carbonyl (C=O) groups is 4. The molecule has 0 spiro atoms. The van der Waals surface area contributed by atoms with Gasteiger partial charge in [0.25, 0.3) is 0 Å². The van der Waals surface area contributed by atoms with Crippen LogP contribution in [0, 0.1) is 5.92 Å². The average molecular weight is 427 g/mol. The lowest BCUT2D eigenvalue weighted by Crippen LogP contribution is -2.45. The number of hydrogen-bond acceptors (Lipinski definition) is 6. The van der Waals surface area contributed by atoms with Gasteiger partial charge in [-0.15, -0.1) is 0 Å². The summed E-state index contributed by atoms with van der Waals surface area (Å²) in [5, 5.41) is 0. The Kier molecular flexibility index (Phi) is 6.73. The van der Waals surface area contributed by atoms with Gasteiger partial charge in [-0.05, 0) is 34.5 Å². The summed E-state index contributed by atoms with van der Waals surface area (Å²) in [6.07, 6.45) is 0.290. The number of anilines is 1. The van der Waals surface area contributed by atoms with Crippen molar-refractivity contribution in [1.82, 2.24) is 4.90 Å². The standard InChI is InChI=1S/C17H19BrN2O6/c1-25-14(21)9-19(10-15(22)26-2)16(23)11-7-8-20(17(11)24)13-6-4-3-5-12(13)18/h3-6,11H,7-10H2,1-2H3. The van der Waals surface area contributed by atoms with Crippen molar-refractivity contribution in [2.24, 2.45) is 5.92 Å². The normalized spacial score (nSPS) is 16.3. The summed E-state index contributed by atoms with van der Waals surface area (Å²) in [5.74, 6) is -3.30. The Morgan fingerprint density at radius 2 is 1.73 bits per heavy atom. The number of carbonyl (C=O) groups excluding carboxylic acids is 4. The largest absolute Gasteiger partial charge is 0.468 e. The molecule has 140 valence electrons. The van der Waals surface area contributed by atoms with Gasteiger partial charge in [-0.25, -0.2) is 0 Å². The lowest BCUT2D eigenvalue weighted by molar-refractivity contribution is -0.154. The summed E-state index contributed by atoms with van der Waals surface area (Å²) in [4.78, 5) is 51.1. The van der Waals surface area contributed by atoms with Gasteiger partial charge in [0.2, 0.25) is 11.8 Å². The van der Waals surface area contributed by atoms with Crippen LogP contribution in [0.15, 0.2) is 28.7 Å². The van der Waals surface area contributed by atoms with Crippen molar-refractivity contribution in [2.45, 2.75) is 6.42 Å². The van der Waals surface area contributed by atoms with E-state index >= 15 is 0 Å². The van der Waals surface area contributed by atoms with Crippen LogP contribution >= 0.6 is 15.9 Å². The molecule has 1 unspecified atom stereocenters. The Morgan fingerprint density at radius 1 is 1.15 bits per heavy atom. The highest BCUT2D eigenvalue weighted by atomic mass is 79.9. The molecule has 1 aromatic rings. The van der Waals surface area contributed by atoms with Crippen LogP contribution in [-0.4, -0.2) is 62.5 Å². The molecular weight excluding hydrogens is 408 g/mol. The molecule has 26 heavy (non-hydrogen) atoms. The number of ether oxygens (including phenoxy) is 2. The van der Waals surface area contributed by atoms with Crippen LogP contribution in [0.3, 0.4) is 0 Å². The maximum absolute atomic E-state index is 12.8. The molecule has 2 rings (SSSR count). The molecule has 0 bridgehead atoms. The highest BCUT2D eigenvalue weighted by Gasteiger charge is 2.41. The van der Waals surface area contributed by atoms with Crippen molar-refractivity contribution in [3.05, 3.63) is 28.7 Å². The van der Waals surface area contributed by atoms with E-state index in [4.69, 9.17) is 0 Å². The van der Waals surface area contributed by atoms with Gasteiger partial charge in [0, 0.05) is 11.0 Å². The van der Waals surface area contributed by atoms with E-state index in [2.05, 4.69) is 25.4 Å². The van der Waals surface area contributed by atoms with E-state index in [0.29, 0.717) is 12.2 Å². The van der Waals surface area contributed by atoms with Crippen molar-refractivity contribution < 1.29 is 28.7 Å². The third kappa shape index (κ3) is 4.40. The third-order valence-electron chi connectivity index (χ3n) is 4.05. The lowest BCUT2D eigenvalue weighted by atomic mass is 10.1. The Bertz CT molecular complexity index is 705. The zero-order valence-corrected chi connectivity index (χ0v) is 16.0. The Hall–Kier alpha value is -2.42. The highest BCUT2D eigenvalue weighted by molar-refractivity contribution is 9.10. The molecule has 0 radical (unpaired) electrons. The molecule has 1 aliphatic rings. The Labute approximate surface area is 159 Å². The van der Waals surface area contributed by atoms with Gasteiger partial charge >= 0.3 is 11.9 Å². The molecule has 1 fully saturated rings. The van der Waals surface area contributed by atoms with Gasteiger partial charge in [-0.3, -0.25) is 19.2 Å². The summed E-state index contributed by atoms with van der Waals surface area (Å²) in [7, 11) is 2.36. The first-order valence-corrected chi connectivity index (χ1v) is 8.66. The van der Waals surface area contributed by atoms with E-state index < -0.39 is 36.9 Å². The number of para-hydroxylation sites is 1. The molecule has 0 aliphatic carbocycles. The average Bonchev–Trinajstić information content (AvgIpc) is 3.01. The second-order valence-corrected chi connectivity index (χ2v) is 6.48. The summed E-state index contributed by atoms with van der Waals surface area (Å²) in [5.41, 5.74) is 0.667. The maximum atomic E-state index is 12.8. The van der Waals surface area contributed by atoms with Crippen LogP contribution in [0.1, 0.15) is 6.42 Å². The molecule has 1 saturated heterocycles. The van der Waals surface area contributed by atoms with Gasteiger partial charge in [0.1, 0.15) is 19.0 Å². The van der Waals surface area contributed by atoms with E-state index in [0.717, 1.165) is 9.37 Å². The first-order valence-electron chi connectivity index (χ1n) is 7.87. The maximum Gasteiger partial charge on any atom is 0.325 e. The summed E-state index contributed by atoms with van der Waals surface area (Å²) >= 11 is 3.39. The molecule has 0 saturated carbocycles. The summed E-state index contributed by atoms with van der Waals surface area (Å²) < 4.78 is 9.85. The minimum Gasteiger partial charge on any atom is -0.468 e. The van der Waals surface area contributed by atoms with Crippen molar-refractivity contribution in [3.63, 3.8) is 0 Å². The fourth-order valence-corrected chi connectivity index (χ4v) is 3.19. The fourth-order valence-electron chi connectivity index (χ4n) is 2.69. The van der Waals surface area contributed by atoms with Crippen LogP contribution in [0.5, 0.6) is 0 Å². The van der Waals surface area contributed by atoms with E-state index in [1.807, 2.05) is 6.07 Å². The van der Waals surface area contributed by atoms with Crippen LogP contribution < -0.4 is 4.90 Å². The summed E-state index contributed by atoms with van der Waals surface area (Å²) in [6.45, 7) is -0.491. The monoisotopic (exact) mass is 426 g/mol. The van der Waals surface area contributed by atoms with Gasteiger partial charge < -0.3 is 19.3 Å². The minimum absolute atomic E-state index is 0.290. The van der Waals surface area contributed by atoms with Gasteiger partial charge in [-0.1, -0.05) is 12.1 Å².